The van der Waals surface area contributed by atoms with Crippen molar-refractivity contribution >= 4 is 16.9 Å². The molecule has 3 aromatic carbocycles. The van der Waals surface area contributed by atoms with Gasteiger partial charge in [-0.1, -0.05) is 50.1 Å². The Balaban J connectivity index is 1.34. The third-order valence-corrected chi connectivity index (χ3v) is 9.94. The van der Waals surface area contributed by atoms with Gasteiger partial charge >= 0.3 is 5.97 Å². The fraction of sp³-hybridized carbons (Fsp3) is 0.300. The summed E-state index contributed by atoms with van der Waals surface area (Å²) in [5.41, 5.74) is 4.59. The first-order valence-corrected chi connectivity index (χ1v) is 17.0. The molecule has 2 aliphatic heterocycles. The number of carboxylic acids is 1. The second-order valence-corrected chi connectivity index (χ2v) is 13.6. The van der Waals surface area contributed by atoms with Gasteiger partial charge in [0.2, 0.25) is 0 Å². The summed E-state index contributed by atoms with van der Waals surface area (Å²) in [5.74, 6) is -1.29. The van der Waals surface area contributed by atoms with Gasteiger partial charge in [-0.2, -0.15) is 5.10 Å². The maximum Gasteiger partial charge on any atom is 0.306 e. The van der Waals surface area contributed by atoms with Gasteiger partial charge in [-0.05, 0) is 79.6 Å². The molecule has 2 aliphatic rings. The van der Waals surface area contributed by atoms with E-state index in [1.54, 1.807) is 24.9 Å². The van der Waals surface area contributed by atoms with Gasteiger partial charge < -0.3 is 14.8 Å². The molecule has 256 valence electrons. The lowest BCUT2D eigenvalue weighted by Gasteiger charge is -2.28. The minimum absolute atomic E-state index is 0.0540. The van der Waals surface area contributed by atoms with Crippen LogP contribution in [-0.4, -0.2) is 35.8 Å². The van der Waals surface area contributed by atoms with Crippen molar-refractivity contribution in [3.05, 3.63) is 125 Å². The normalized spacial score (nSPS) is 17.2. The number of hydrogen-bond acceptors (Lipinski definition) is 5. The van der Waals surface area contributed by atoms with E-state index in [4.69, 9.17) is 19.8 Å². The second-order valence-electron chi connectivity index (χ2n) is 13.6. The standard InChI is InChI=1S/C40H39F2N5O3/c1-24(38(48)49)18-26-9-7-10-27(19-26)40(2)16-6-4-5-8-25-11-12-28(44-23-25)20-31-30-15-17-43-35(30)22-34(42)36(31)50-29-13-14-33(41)32(21-29)37-45-39(40)46-47(37)3/h7,9-15,17,19,21-24,43H,4-6,8,16,18,20H2,1-3H3,(H,48,49). The van der Waals surface area contributed by atoms with Gasteiger partial charge in [-0.15, -0.1) is 0 Å². The fourth-order valence-corrected chi connectivity index (χ4v) is 6.96. The third-order valence-electron chi connectivity index (χ3n) is 9.94. The zero-order chi connectivity index (χ0) is 35.0. The summed E-state index contributed by atoms with van der Waals surface area (Å²) in [7, 11) is 1.73. The van der Waals surface area contributed by atoms with E-state index in [9.17, 15) is 9.90 Å². The maximum absolute atomic E-state index is 15.8. The number of ether oxygens (including phenoxy) is 1. The summed E-state index contributed by atoms with van der Waals surface area (Å²) < 4.78 is 39.2. The topological polar surface area (TPSA) is 106 Å². The average molecular weight is 676 g/mol. The van der Waals surface area contributed by atoms with Crippen LogP contribution in [0.15, 0.2) is 79.1 Å². The number of hydrogen-bond donors (Lipinski definition) is 2. The van der Waals surface area contributed by atoms with Crippen LogP contribution in [0.2, 0.25) is 0 Å². The number of aliphatic carboxylic acids is 1. The maximum atomic E-state index is 15.8. The molecule has 10 heteroatoms. The molecule has 2 atom stereocenters. The molecule has 50 heavy (non-hydrogen) atoms. The summed E-state index contributed by atoms with van der Waals surface area (Å²) >= 11 is 0. The lowest BCUT2D eigenvalue weighted by atomic mass is 9.76. The Morgan fingerprint density at radius 3 is 2.72 bits per heavy atom. The quantitative estimate of drug-likeness (QED) is 0.194. The van der Waals surface area contributed by atoms with Gasteiger partial charge in [-0.25, -0.2) is 18.4 Å². The van der Waals surface area contributed by atoms with Gasteiger partial charge in [0, 0.05) is 54.1 Å². The van der Waals surface area contributed by atoms with Crippen molar-refractivity contribution in [2.45, 2.75) is 64.2 Å². The fourth-order valence-electron chi connectivity index (χ4n) is 6.96. The number of carbonyl (C=O) groups is 1. The predicted octanol–water partition coefficient (Wildman–Crippen LogP) is 8.71. The summed E-state index contributed by atoms with van der Waals surface area (Å²) in [5, 5.41) is 15.2. The molecule has 0 saturated carbocycles. The molecule has 0 spiro atoms. The highest BCUT2D eigenvalue weighted by atomic mass is 19.1. The van der Waals surface area contributed by atoms with E-state index in [0.717, 1.165) is 59.9 Å². The molecule has 0 fully saturated rings. The van der Waals surface area contributed by atoms with E-state index < -0.39 is 28.9 Å². The molecular weight excluding hydrogens is 636 g/mol. The summed E-state index contributed by atoms with van der Waals surface area (Å²) in [6.07, 6.45) is 8.78. The van der Waals surface area contributed by atoms with Crippen molar-refractivity contribution in [3.8, 4) is 22.9 Å². The largest absolute Gasteiger partial charge is 0.481 e. The average Bonchev–Trinajstić information content (AvgIpc) is 3.73. The first-order valence-electron chi connectivity index (χ1n) is 17.0. The SMILES string of the molecule is CC(Cc1cccc(C2(C)CCCCCc3ccc(nc3)Cc3c(c(F)cc4[nH]ccc34)Oc3ccc(F)c(c3)-c3nc2nn3C)c1)C(=O)O. The van der Waals surface area contributed by atoms with Crippen LogP contribution < -0.4 is 4.74 Å². The number of nitrogens with one attached hydrogen (secondary N) is 1. The third kappa shape index (κ3) is 6.49. The first kappa shape index (κ1) is 33.1. The highest BCUT2D eigenvalue weighted by Crippen LogP contribution is 2.40. The van der Waals surface area contributed by atoms with Crippen LogP contribution in [0, 0.1) is 17.6 Å². The van der Waals surface area contributed by atoms with Gasteiger partial charge in [0.05, 0.1) is 16.9 Å². The Kier molecular flexibility index (Phi) is 8.94. The Bertz CT molecular complexity index is 2190. The minimum atomic E-state index is -0.845. The van der Waals surface area contributed by atoms with Crippen LogP contribution in [0.4, 0.5) is 8.78 Å². The number of aromatic amines is 1. The first-order chi connectivity index (χ1) is 24.1. The van der Waals surface area contributed by atoms with Crippen LogP contribution in [0.3, 0.4) is 0 Å². The van der Waals surface area contributed by atoms with Crippen LogP contribution in [0.1, 0.15) is 73.3 Å². The molecular formula is C40H39F2N5O3. The molecule has 0 amide bonds. The highest BCUT2D eigenvalue weighted by molar-refractivity contribution is 5.86. The molecule has 0 radical (unpaired) electrons. The van der Waals surface area contributed by atoms with Crippen LogP contribution in [0.25, 0.3) is 22.3 Å². The highest BCUT2D eigenvalue weighted by Gasteiger charge is 2.34. The van der Waals surface area contributed by atoms with Crippen LogP contribution in [0.5, 0.6) is 11.5 Å². The van der Waals surface area contributed by atoms with Crippen molar-refractivity contribution in [1.29, 1.82) is 0 Å². The Hall–Kier alpha value is -5.38. The monoisotopic (exact) mass is 675 g/mol. The number of aryl methyl sites for hydroxylation is 2. The van der Waals surface area contributed by atoms with Crippen molar-refractivity contribution in [2.75, 3.05) is 0 Å². The molecule has 2 unspecified atom stereocenters. The summed E-state index contributed by atoms with van der Waals surface area (Å²) in [6, 6.07) is 19.6. The predicted molar refractivity (Wildman–Crippen MR) is 187 cm³/mol. The number of pyridine rings is 1. The van der Waals surface area contributed by atoms with E-state index in [1.807, 2.05) is 42.6 Å². The Morgan fingerprint density at radius 1 is 1.06 bits per heavy atom. The van der Waals surface area contributed by atoms with Crippen LogP contribution >= 0.6 is 0 Å². The summed E-state index contributed by atoms with van der Waals surface area (Å²) in [4.78, 5) is 24.4. The Morgan fingerprint density at radius 2 is 1.92 bits per heavy atom. The Labute approximate surface area is 289 Å². The second kappa shape index (κ2) is 13.5. The molecule has 0 aliphatic carbocycles. The van der Waals surface area contributed by atoms with E-state index in [1.165, 1.54) is 24.3 Å². The minimum Gasteiger partial charge on any atom is -0.481 e. The van der Waals surface area contributed by atoms with Crippen molar-refractivity contribution in [2.24, 2.45) is 13.0 Å². The lowest BCUT2D eigenvalue weighted by molar-refractivity contribution is -0.141. The molecule has 2 N–H and O–H groups in total. The van der Waals surface area contributed by atoms with Crippen molar-refractivity contribution in [1.82, 2.24) is 24.7 Å². The summed E-state index contributed by atoms with van der Waals surface area (Å²) in [6.45, 7) is 3.80. The molecule has 8 nitrogen and oxygen atoms in total. The number of nitrogens with zero attached hydrogens (tertiary/aromatic N) is 4. The van der Waals surface area contributed by atoms with Crippen molar-refractivity contribution < 1.29 is 23.4 Å². The number of fused-ring (bicyclic) bond motifs is 8. The van der Waals surface area contributed by atoms with Crippen molar-refractivity contribution in [3.63, 3.8) is 0 Å². The van der Waals surface area contributed by atoms with Gasteiger partial charge in [0.25, 0.3) is 0 Å². The van der Waals surface area contributed by atoms with Gasteiger partial charge in [0.1, 0.15) is 11.6 Å². The zero-order valence-corrected chi connectivity index (χ0v) is 28.3. The number of carboxylic acid groups (broad SMARTS) is 1. The van der Waals surface area contributed by atoms with E-state index in [0.29, 0.717) is 35.6 Å². The zero-order valence-electron chi connectivity index (χ0n) is 28.3. The number of rotatable bonds is 4. The number of H-pyrrole nitrogens is 1. The van der Waals surface area contributed by atoms with Gasteiger partial charge in [0.15, 0.2) is 23.2 Å². The molecule has 0 saturated heterocycles. The number of aromatic nitrogens is 5. The molecule has 3 aromatic heterocycles. The molecule has 5 heterocycles. The molecule has 6 bridgehead atoms. The molecule has 6 aromatic rings. The molecule has 8 rings (SSSR count). The lowest BCUT2D eigenvalue weighted by Crippen LogP contribution is -2.26. The smallest absolute Gasteiger partial charge is 0.306 e. The van der Waals surface area contributed by atoms with Crippen LogP contribution in [-0.2, 0) is 36.5 Å². The van der Waals surface area contributed by atoms with E-state index >= 15 is 8.78 Å². The van der Waals surface area contributed by atoms with E-state index in [-0.39, 0.29) is 17.1 Å². The van der Waals surface area contributed by atoms with E-state index in [2.05, 4.69) is 18.0 Å². The number of benzene rings is 3. The number of halogens is 2. The van der Waals surface area contributed by atoms with Gasteiger partial charge in [-0.3, -0.25) is 9.78 Å².